The number of hydrogen-bond acceptors (Lipinski definition) is 9. The highest BCUT2D eigenvalue weighted by atomic mass is 35.5. The molecule has 0 spiro atoms. The third-order valence-electron chi connectivity index (χ3n) is 7.59. The van der Waals surface area contributed by atoms with Crippen molar-refractivity contribution in [1.29, 1.82) is 0 Å². The number of carbonyl (C=O) groups is 1. The van der Waals surface area contributed by atoms with Crippen molar-refractivity contribution in [3.8, 4) is 17.0 Å². The standard InChI is InChI=1S/C32H37ClN6O5Si/c1-19-35-26-9-6-20(15-27(26)43-19)23-16-39(18-42-12-13-45(3,4)5)29-28(23)31(44-22-10-11-41-17-22)38-32(37-29)36-25-8-7-21(14-24(25)33)30(40)34-2/h6-9,14-16,22H,10-13,17-18H2,1-5H3,(H,34,40)(H,36,37,38). The Morgan fingerprint density at radius 1 is 1.16 bits per heavy atom. The summed E-state index contributed by atoms with van der Waals surface area (Å²) in [5.74, 6) is 1.08. The number of benzene rings is 2. The number of aromatic nitrogens is 4. The minimum atomic E-state index is -1.28. The molecule has 236 valence electrons. The van der Waals surface area contributed by atoms with E-state index in [-0.39, 0.29) is 12.0 Å². The maximum atomic E-state index is 12.1. The molecule has 1 unspecified atom stereocenters. The van der Waals surface area contributed by atoms with Crippen LogP contribution in [0.25, 0.3) is 33.3 Å². The minimum absolute atomic E-state index is 0.157. The molecule has 1 amide bonds. The summed E-state index contributed by atoms with van der Waals surface area (Å²) in [4.78, 5) is 26.4. The summed E-state index contributed by atoms with van der Waals surface area (Å²) in [5.41, 5.74) is 4.90. The topological polar surface area (TPSA) is 126 Å². The number of rotatable bonds is 11. The molecule has 1 aliphatic heterocycles. The van der Waals surface area contributed by atoms with Crippen LogP contribution in [-0.4, -0.2) is 66.5 Å². The van der Waals surface area contributed by atoms with E-state index in [2.05, 4.69) is 35.3 Å². The van der Waals surface area contributed by atoms with Crippen LogP contribution in [0.4, 0.5) is 11.6 Å². The van der Waals surface area contributed by atoms with Crippen LogP contribution in [0.5, 0.6) is 5.88 Å². The molecular formula is C32H37ClN6O5Si. The molecule has 1 atom stereocenters. The summed E-state index contributed by atoms with van der Waals surface area (Å²) in [7, 11) is 0.297. The van der Waals surface area contributed by atoms with Crippen molar-refractivity contribution in [2.75, 3.05) is 32.2 Å². The zero-order valence-corrected chi connectivity index (χ0v) is 27.8. The van der Waals surface area contributed by atoms with E-state index in [1.807, 2.05) is 35.9 Å². The van der Waals surface area contributed by atoms with E-state index in [1.165, 1.54) is 0 Å². The van der Waals surface area contributed by atoms with Crippen molar-refractivity contribution >= 4 is 59.4 Å². The predicted molar refractivity (Wildman–Crippen MR) is 177 cm³/mol. The maximum absolute atomic E-state index is 12.1. The molecule has 2 N–H and O–H groups in total. The number of ether oxygens (including phenoxy) is 3. The van der Waals surface area contributed by atoms with Crippen LogP contribution in [0.15, 0.2) is 47.0 Å². The summed E-state index contributed by atoms with van der Waals surface area (Å²) in [6, 6.07) is 12.0. The Balaban J connectivity index is 1.46. The van der Waals surface area contributed by atoms with Crippen molar-refractivity contribution in [2.45, 2.75) is 51.9 Å². The quantitative estimate of drug-likeness (QED) is 0.118. The second kappa shape index (κ2) is 12.8. The molecule has 45 heavy (non-hydrogen) atoms. The Morgan fingerprint density at radius 2 is 2.00 bits per heavy atom. The summed E-state index contributed by atoms with van der Waals surface area (Å²) >= 11 is 6.58. The van der Waals surface area contributed by atoms with Gasteiger partial charge in [-0.15, -0.1) is 0 Å². The predicted octanol–water partition coefficient (Wildman–Crippen LogP) is 6.78. The number of fused-ring (bicyclic) bond motifs is 2. The molecule has 1 fully saturated rings. The van der Waals surface area contributed by atoms with Gasteiger partial charge in [-0.3, -0.25) is 4.79 Å². The van der Waals surface area contributed by atoms with Gasteiger partial charge < -0.3 is 33.8 Å². The Kier molecular flexibility index (Phi) is 8.82. The van der Waals surface area contributed by atoms with Gasteiger partial charge >= 0.3 is 0 Å². The molecular weight excluding hydrogens is 612 g/mol. The average Bonchev–Trinajstić information content (AvgIpc) is 3.73. The van der Waals surface area contributed by atoms with Gasteiger partial charge in [-0.25, -0.2) is 4.98 Å². The second-order valence-corrected chi connectivity index (χ2v) is 18.4. The fraction of sp³-hybridized carbons (Fsp3) is 0.375. The van der Waals surface area contributed by atoms with Crippen molar-refractivity contribution in [2.24, 2.45) is 0 Å². The Hall–Kier alpha value is -3.97. The average molecular weight is 649 g/mol. The third-order valence-corrected chi connectivity index (χ3v) is 9.60. The highest BCUT2D eigenvalue weighted by Gasteiger charge is 2.25. The van der Waals surface area contributed by atoms with E-state index in [4.69, 9.17) is 40.2 Å². The highest BCUT2D eigenvalue weighted by Crippen LogP contribution is 2.39. The zero-order valence-electron chi connectivity index (χ0n) is 26.1. The lowest BCUT2D eigenvalue weighted by Crippen LogP contribution is -2.22. The molecule has 0 bridgehead atoms. The molecule has 0 saturated carbocycles. The molecule has 1 aliphatic rings. The lowest BCUT2D eigenvalue weighted by molar-refractivity contribution is 0.0899. The first-order valence-electron chi connectivity index (χ1n) is 15.0. The Bertz CT molecular complexity index is 1860. The van der Waals surface area contributed by atoms with E-state index in [0.29, 0.717) is 71.8 Å². The van der Waals surface area contributed by atoms with Gasteiger partial charge in [0.15, 0.2) is 17.1 Å². The van der Waals surface area contributed by atoms with E-state index in [9.17, 15) is 4.79 Å². The Labute approximate surface area is 267 Å². The van der Waals surface area contributed by atoms with Crippen LogP contribution in [-0.2, 0) is 16.2 Å². The van der Waals surface area contributed by atoms with Crippen molar-refractivity contribution in [1.82, 2.24) is 24.8 Å². The smallest absolute Gasteiger partial charge is 0.251 e. The van der Waals surface area contributed by atoms with E-state index < -0.39 is 8.07 Å². The van der Waals surface area contributed by atoms with E-state index in [0.717, 1.165) is 34.5 Å². The zero-order chi connectivity index (χ0) is 31.7. The molecule has 4 heterocycles. The molecule has 2 aromatic carbocycles. The van der Waals surface area contributed by atoms with Gasteiger partial charge in [0.1, 0.15) is 18.4 Å². The van der Waals surface area contributed by atoms with Crippen LogP contribution in [0, 0.1) is 6.92 Å². The lowest BCUT2D eigenvalue weighted by atomic mass is 10.1. The number of halogens is 1. The summed E-state index contributed by atoms with van der Waals surface area (Å²) < 4.78 is 26.2. The first-order valence-corrected chi connectivity index (χ1v) is 19.1. The number of anilines is 2. The number of oxazole rings is 1. The fourth-order valence-electron chi connectivity index (χ4n) is 5.15. The number of nitrogens with one attached hydrogen (secondary N) is 2. The number of carbonyl (C=O) groups excluding carboxylic acids is 1. The van der Waals surface area contributed by atoms with Gasteiger partial charge in [-0.1, -0.05) is 37.3 Å². The Morgan fingerprint density at radius 3 is 2.73 bits per heavy atom. The molecule has 0 radical (unpaired) electrons. The van der Waals surface area contributed by atoms with Crippen LogP contribution in [0.3, 0.4) is 0 Å². The van der Waals surface area contributed by atoms with Crippen molar-refractivity contribution < 1.29 is 23.4 Å². The van der Waals surface area contributed by atoms with Crippen LogP contribution in [0.1, 0.15) is 22.7 Å². The summed E-state index contributed by atoms with van der Waals surface area (Å²) in [6.07, 6.45) is 2.61. The summed E-state index contributed by atoms with van der Waals surface area (Å²) in [5, 5.41) is 6.95. The normalized spacial score (nSPS) is 15.2. The fourth-order valence-corrected chi connectivity index (χ4v) is 6.13. The molecule has 1 saturated heterocycles. The van der Waals surface area contributed by atoms with E-state index >= 15 is 0 Å². The van der Waals surface area contributed by atoms with Gasteiger partial charge in [0.2, 0.25) is 11.8 Å². The maximum Gasteiger partial charge on any atom is 0.251 e. The van der Waals surface area contributed by atoms with Gasteiger partial charge in [0.05, 0.1) is 29.3 Å². The number of nitrogens with zero attached hydrogens (tertiary/aromatic N) is 4. The number of amides is 1. The van der Waals surface area contributed by atoms with Gasteiger partial charge in [0.25, 0.3) is 5.91 Å². The number of aryl methyl sites for hydroxylation is 1. The summed E-state index contributed by atoms with van der Waals surface area (Å²) in [6.45, 7) is 10.9. The van der Waals surface area contributed by atoms with Crippen molar-refractivity contribution in [3.63, 3.8) is 0 Å². The molecule has 13 heteroatoms. The highest BCUT2D eigenvalue weighted by molar-refractivity contribution is 6.76. The lowest BCUT2D eigenvalue weighted by Gasteiger charge is -2.16. The van der Waals surface area contributed by atoms with Crippen molar-refractivity contribution in [3.05, 3.63) is 59.1 Å². The first-order chi connectivity index (χ1) is 21.6. The van der Waals surface area contributed by atoms with Crippen LogP contribution >= 0.6 is 11.6 Å². The molecule has 5 aromatic rings. The molecule has 0 aliphatic carbocycles. The third kappa shape index (κ3) is 6.99. The molecule has 6 rings (SSSR count). The van der Waals surface area contributed by atoms with Crippen LogP contribution < -0.4 is 15.4 Å². The first kappa shape index (κ1) is 31.0. The molecule has 3 aromatic heterocycles. The molecule has 11 nitrogen and oxygen atoms in total. The van der Waals surface area contributed by atoms with Gasteiger partial charge in [-0.05, 0) is 41.9 Å². The van der Waals surface area contributed by atoms with Crippen LogP contribution in [0.2, 0.25) is 30.7 Å². The van der Waals surface area contributed by atoms with Gasteiger partial charge in [0, 0.05) is 52.4 Å². The van der Waals surface area contributed by atoms with Gasteiger partial charge in [-0.2, -0.15) is 9.97 Å². The largest absolute Gasteiger partial charge is 0.471 e. The second-order valence-electron chi connectivity index (χ2n) is 12.3. The van der Waals surface area contributed by atoms with E-state index in [1.54, 1.807) is 25.2 Å². The SMILES string of the molecule is CNC(=O)c1ccc(Nc2nc(OC3CCOC3)c3c(-c4ccc5nc(C)oc5c4)cn(COCC[Si](C)(C)C)c3n2)c(Cl)c1. The monoisotopic (exact) mass is 648 g/mol. The number of hydrogen-bond donors (Lipinski definition) is 2. The minimum Gasteiger partial charge on any atom is -0.471 e.